The van der Waals surface area contributed by atoms with Crippen molar-refractivity contribution in [1.29, 1.82) is 0 Å². The molecule has 20 heavy (non-hydrogen) atoms. The number of aromatic nitrogens is 2. The number of hydrogen-bond acceptors (Lipinski definition) is 6. The van der Waals surface area contributed by atoms with E-state index in [1.54, 1.807) is 6.07 Å². The molecule has 2 aromatic heterocycles. The van der Waals surface area contributed by atoms with Gasteiger partial charge in [0.15, 0.2) is 5.82 Å². The van der Waals surface area contributed by atoms with Crippen LogP contribution in [0.4, 0.5) is 0 Å². The minimum atomic E-state index is -0.0743. The number of carbonyl (C=O) groups is 1. The standard InChI is InChI=1S/C13H18N4O2S/c1-9(14-2)7-11-16-12(19-17-11)3-5-15-13(18)10-4-6-20-8-10/h4,6,8-9,14H,3,5,7H2,1-2H3,(H,15,18). The molecule has 0 saturated carbocycles. The highest BCUT2D eigenvalue weighted by Gasteiger charge is 2.10. The fourth-order valence-corrected chi connectivity index (χ4v) is 2.27. The average molecular weight is 294 g/mol. The van der Waals surface area contributed by atoms with Gasteiger partial charge in [-0.2, -0.15) is 16.3 Å². The molecule has 0 fully saturated rings. The van der Waals surface area contributed by atoms with Crippen LogP contribution in [0.3, 0.4) is 0 Å². The van der Waals surface area contributed by atoms with Gasteiger partial charge < -0.3 is 15.2 Å². The highest BCUT2D eigenvalue weighted by molar-refractivity contribution is 7.08. The molecule has 108 valence electrons. The third kappa shape index (κ3) is 4.14. The molecule has 0 aliphatic carbocycles. The molecule has 0 spiro atoms. The molecule has 0 bridgehead atoms. The van der Waals surface area contributed by atoms with E-state index in [0.717, 1.165) is 6.42 Å². The summed E-state index contributed by atoms with van der Waals surface area (Å²) in [6.07, 6.45) is 1.26. The van der Waals surface area contributed by atoms with Crippen molar-refractivity contribution in [2.75, 3.05) is 13.6 Å². The first kappa shape index (κ1) is 14.7. The predicted octanol–water partition coefficient (Wildman–Crippen LogP) is 1.25. The molecule has 1 unspecified atom stereocenters. The minimum absolute atomic E-state index is 0.0743. The van der Waals surface area contributed by atoms with Gasteiger partial charge in [0.25, 0.3) is 5.91 Å². The Morgan fingerprint density at radius 2 is 2.40 bits per heavy atom. The van der Waals surface area contributed by atoms with E-state index < -0.39 is 0 Å². The monoisotopic (exact) mass is 294 g/mol. The van der Waals surface area contributed by atoms with E-state index in [9.17, 15) is 4.79 Å². The Hall–Kier alpha value is -1.73. The van der Waals surface area contributed by atoms with Crippen molar-refractivity contribution >= 4 is 17.2 Å². The van der Waals surface area contributed by atoms with Crippen LogP contribution in [-0.4, -0.2) is 35.7 Å². The second-order valence-electron chi connectivity index (χ2n) is 4.52. The highest BCUT2D eigenvalue weighted by Crippen LogP contribution is 2.05. The van der Waals surface area contributed by atoms with Crippen LogP contribution in [0, 0.1) is 0 Å². The quantitative estimate of drug-likeness (QED) is 0.803. The zero-order chi connectivity index (χ0) is 14.4. The molecule has 0 aliphatic heterocycles. The van der Waals surface area contributed by atoms with Crippen molar-refractivity contribution in [1.82, 2.24) is 20.8 Å². The number of carbonyl (C=O) groups excluding carboxylic acids is 1. The lowest BCUT2D eigenvalue weighted by Crippen LogP contribution is -2.25. The first-order valence-electron chi connectivity index (χ1n) is 6.48. The summed E-state index contributed by atoms with van der Waals surface area (Å²) in [5.74, 6) is 1.16. The minimum Gasteiger partial charge on any atom is -0.351 e. The summed E-state index contributed by atoms with van der Waals surface area (Å²) in [6, 6.07) is 2.10. The number of likely N-dealkylation sites (N-methyl/N-ethyl adjacent to an activating group) is 1. The molecule has 2 rings (SSSR count). The van der Waals surface area contributed by atoms with Crippen molar-refractivity contribution in [2.24, 2.45) is 0 Å². The SMILES string of the molecule is CNC(C)Cc1noc(CCNC(=O)c2ccsc2)n1. The van der Waals surface area contributed by atoms with Crippen LogP contribution in [0.5, 0.6) is 0 Å². The predicted molar refractivity (Wildman–Crippen MR) is 76.9 cm³/mol. The Kier molecular flexibility index (Phi) is 5.25. The van der Waals surface area contributed by atoms with Gasteiger partial charge in [0.2, 0.25) is 5.89 Å². The summed E-state index contributed by atoms with van der Waals surface area (Å²) in [5.41, 5.74) is 0.684. The van der Waals surface area contributed by atoms with Crippen molar-refractivity contribution in [3.05, 3.63) is 34.1 Å². The largest absolute Gasteiger partial charge is 0.351 e. The summed E-state index contributed by atoms with van der Waals surface area (Å²) in [5, 5.41) is 13.6. The maximum Gasteiger partial charge on any atom is 0.252 e. The molecule has 2 aromatic rings. The molecular weight excluding hydrogens is 276 g/mol. The van der Waals surface area contributed by atoms with Crippen LogP contribution in [0.2, 0.25) is 0 Å². The summed E-state index contributed by atoms with van der Waals surface area (Å²) >= 11 is 1.50. The molecule has 0 saturated heterocycles. The van der Waals surface area contributed by atoms with Crippen molar-refractivity contribution in [3.63, 3.8) is 0 Å². The Morgan fingerprint density at radius 3 is 3.10 bits per heavy atom. The van der Waals surface area contributed by atoms with E-state index in [4.69, 9.17) is 4.52 Å². The van der Waals surface area contributed by atoms with Crippen LogP contribution in [0.25, 0.3) is 0 Å². The summed E-state index contributed by atoms with van der Waals surface area (Å²) < 4.78 is 5.14. The first-order chi connectivity index (χ1) is 9.69. The lowest BCUT2D eigenvalue weighted by atomic mass is 10.2. The van der Waals surface area contributed by atoms with Gasteiger partial charge in [0.05, 0.1) is 0 Å². The number of rotatable bonds is 7. The van der Waals surface area contributed by atoms with Gasteiger partial charge >= 0.3 is 0 Å². The van der Waals surface area contributed by atoms with Gasteiger partial charge in [0, 0.05) is 36.4 Å². The third-order valence-corrected chi connectivity index (χ3v) is 3.58. The van der Waals surface area contributed by atoms with E-state index in [1.165, 1.54) is 11.3 Å². The maximum absolute atomic E-state index is 11.7. The number of thiophene rings is 1. The molecule has 1 atom stereocenters. The van der Waals surface area contributed by atoms with Crippen LogP contribution in [0.15, 0.2) is 21.3 Å². The highest BCUT2D eigenvalue weighted by atomic mass is 32.1. The van der Waals surface area contributed by atoms with Crippen LogP contribution < -0.4 is 10.6 Å². The van der Waals surface area contributed by atoms with E-state index >= 15 is 0 Å². The molecule has 2 heterocycles. The Bertz CT molecular complexity index is 538. The van der Waals surface area contributed by atoms with Crippen LogP contribution in [0.1, 0.15) is 29.0 Å². The summed E-state index contributed by atoms with van der Waals surface area (Å²) in [4.78, 5) is 16.0. The lowest BCUT2D eigenvalue weighted by molar-refractivity contribution is 0.0954. The van der Waals surface area contributed by atoms with Crippen molar-refractivity contribution in [2.45, 2.75) is 25.8 Å². The van der Waals surface area contributed by atoms with Crippen molar-refractivity contribution in [3.8, 4) is 0 Å². The normalized spacial score (nSPS) is 12.3. The zero-order valence-electron chi connectivity index (χ0n) is 11.5. The first-order valence-corrected chi connectivity index (χ1v) is 7.42. The maximum atomic E-state index is 11.7. The fourth-order valence-electron chi connectivity index (χ4n) is 1.63. The summed E-state index contributed by atoms with van der Waals surface area (Å²) in [6.45, 7) is 2.54. The molecule has 0 aromatic carbocycles. The molecular formula is C13H18N4O2S. The van der Waals surface area contributed by atoms with Crippen LogP contribution >= 0.6 is 11.3 Å². The fraction of sp³-hybridized carbons (Fsp3) is 0.462. The number of hydrogen-bond donors (Lipinski definition) is 2. The van der Waals surface area contributed by atoms with Gasteiger partial charge in [-0.05, 0) is 25.4 Å². The Labute approximate surface area is 121 Å². The summed E-state index contributed by atoms with van der Waals surface area (Å²) in [7, 11) is 1.89. The van der Waals surface area contributed by atoms with E-state index in [1.807, 2.05) is 17.8 Å². The number of nitrogens with one attached hydrogen (secondary N) is 2. The van der Waals surface area contributed by atoms with Gasteiger partial charge in [-0.1, -0.05) is 5.16 Å². The number of amides is 1. The third-order valence-electron chi connectivity index (χ3n) is 2.90. The second-order valence-corrected chi connectivity index (χ2v) is 5.30. The molecule has 0 radical (unpaired) electrons. The average Bonchev–Trinajstić information content (AvgIpc) is 3.10. The van der Waals surface area contributed by atoms with Gasteiger partial charge in [0.1, 0.15) is 0 Å². The topological polar surface area (TPSA) is 80.0 Å². The van der Waals surface area contributed by atoms with E-state index in [-0.39, 0.29) is 5.91 Å². The smallest absolute Gasteiger partial charge is 0.252 e. The molecule has 1 amide bonds. The van der Waals surface area contributed by atoms with Gasteiger partial charge in [-0.3, -0.25) is 4.79 Å². The van der Waals surface area contributed by atoms with Gasteiger partial charge in [-0.25, -0.2) is 0 Å². The molecule has 6 nitrogen and oxygen atoms in total. The van der Waals surface area contributed by atoms with E-state index in [2.05, 4.69) is 27.7 Å². The number of nitrogens with zero attached hydrogens (tertiary/aromatic N) is 2. The van der Waals surface area contributed by atoms with E-state index in [0.29, 0.717) is 36.3 Å². The Morgan fingerprint density at radius 1 is 1.55 bits per heavy atom. The Balaban J connectivity index is 1.76. The lowest BCUT2D eigenvalue weighted by Gasteiger charge is -2.04. The second kappa shape index (κ2) is 7.16. The molecule has 0 aliphatic rings. The molecule has 2 N–H and O–H groups in total. The zero-order valence-corrected chi connectivity index (χ0v) is 12.4. The molecule has 7 heteroatoms. The van der Waals surface area contributed by atoms with Gasteiger partial charge in [-0.15, -0.1) is 0 Å². The van der Waals surface area contributed by atoms with Crippen LogP contribution in [-0.2, 0) is 12.8 Å². The van der Waals surface area contributed by atoms with Crippen molar-refractivity contribution < 1.29 is 9.32 Å².